The van der Waals surface area contributed by atoms with Crippen LogP contribution >= 0.6 is 0 Å². The molecule has 0 fully saturated rings. The molecule has 0 heterocycles. The van der Waals surface area contributed by atoms with Crippen LogP contribution in [0.4, 0.5) is 5.69 Å². The van der Waals surface area contributed by atoms with Crippen molar-refractivity contribution in [3.8, 4) is 12.3 Å². The third-order valence-electron chi connectivity index (χ3n) is 3.33. The average molecular weight is 302 g/mol. The lowest BCUT2D eigenvalue weighted by Crippen LogP contribution is -2.34. The first-order valence-corrected chi connectivity index (χ1v) is 8.20. The van der Waals surface area contributed by atoms with E-state index < -0.39 is 10.0 Å². The molecule has 5 heteroatoms. The van der Waals surface area contributed by atoms with E-state index in [2.05, 4.69) is 10.6 Å². The third kappa shape index (κ3) is 3.35. The zero-order valence-corrected chi connectivity index (χ0v) is 12.7. The lowest BCUT2D eigenvalue weighted by Gasteiger charge is -2.16. The summed E-state index contributed by atoms with van der Waals surface area (Å²) in [7, 11) is -3.62. The Balaban J connectivity index is 2.48. The van der Waals surface area contributed by atoms with E-state index in [0.717, 1.165) is 5.39 Å². The number of rotatable bonds is 5. The Bertz CT molecular complexity index is 792. The molecule has 0 aliphatic carbocycles. The summed E-state index contributed by atoms with van der Waals surface area (Å²) in [4.78, 5) is 0.246. The van der Waals surface area contributed by atoms with Crippen molar-refractivity contribution >= 4 is 26.5 Å². The second-order valence-electron chi connectivity index (χ2n) is 4.87. The Morgan fingerprint density at radius 3 is 2.76 bits per heavy atom. The molecule has 0 amide bonds. The molecule has 0 aliphatic rings. The number of nitrogen functional groups attached to an aromatic ring is 1. The second-order valence-corrected chi connectivity index (χ2v) is 6.55. The van der Waals surface area contributed by atoms with E-state index >= 15 is 0 Å². The largest absolute Gasteiger partial charge is 0.399 e. The fourth-order valence-corrected chi connectivity index (χ4v) is 3.75. The summed E-state index contributed by atoms with van der Waals surface area (Å²) in [6.07, 6.45) is 6.28. The molecule has 4 nitrogen and oxygen atoms in total. The minimum Gasteiger partial charge on any atom is -0.399 e. The van der Waals surface area contributed by atoms with Gasteiger partial charge in [-0.1, -0.05) is 25.1 Å². The van der Waals surface area contributed by atoms with Gasteiger partial charge in [-0.25, -0.2) is 13.1 Å². The van der Waals surface area contributed by atoms with Crippen LogP contribution in [0.2, 0.25) is 0 Å². The maximum atomic E-state index is 12.6. The molecule has 0 bridgehead atoms. The fourth-order valence-electron chi connectivity index (χ4n) is 2.20. The molecule has 0 aromatic heterocycles. The molecule has 3 N–H and O–H groups in total. The normalized spacial score (nSPS) is 13.0. The highest BCUT2D eigenvalue weighted by atomic mass is 32.2. The van der Waals surface area contributed by atoms with Crippen LogP contribution in [-0.2, 0) is 10.0 Å². The van der Waals surface area contributed by atoms with Crippen molar-refractivity contribution in [2.45, 2.75) is 30.7 Å². The number of fused-ring (bicyclic) bond motifs is 1. The van der Waals surface area contributed by atoms with Crippen molar-refractivity contribution in [2.75, 3.05) is 5.73 Å². The molecule has 0 saturated heterocycles. The third-order valence-corrected chi connectivity index (χ3v) is 4.91. The van der Waals surface area contributed by atoms with Crippen molar-refractivity contribution in [3.05, 3.63) is 36.4 Å². The topological polar surface area (TPSA) is 72.2 Å². The first kappa shape index (κ1) is 15.4. The minimum atomic E-state index is -3.62. The van der Waals surface area contributed by atoms with Gasteiger partial charge in [0.25, 0.3) is 0 Å². The number of hydrogen-bond acceptors (Lipinski definition) is 3. The van der Waals surface area contributed by atoms with Crippen LogP contribution in [0, 0.1) is 12.3 Å². The van der Waals surface area contributed by atoms with Crippen LogP contribution in [0.3, 0.4) is 0 Å². The number of nitrogens with one attached hydrogen (secondary N) is 1. The molecule has 21 heavy (non-hydrogen) atoms. The molecule has 110 valence electrons. The van der Waals surface area contributed by atoms with Crippen molar-refractivity contribution < 1.29 is 8.42 Å². The average Bonchev–Trinajstić information content (AvgIpc) is 2.45. The Morgan fingerprint density at radius 2 is 2.10 bits per heavy atom. The number of anilines is 1. The number of nitrogens with two attached hydrogens (primary N) is 1. The van der Waals surface area contributed by atoms with E-state index in [4.69, 9.17) is 12.2 Å². The Hall–Kier alpha value is -2.03. The van der Waals surface area contributed by atoms with Crippen LogP contribution in [0.5, 0.6) is 0 Å². The Morgan fingerprint density at radius 1 is 1.33 bits per heavy atom. The lowest BCUT2D eigenvalue weighted by molar-refractivity contribution is 0.545. The van der Waals surface area contributed by atoms with Gasteiger partial charge in [-0.05, 0) is 30.0 Å². The van der Waals surface area contributed by atoms with E-state index in [9.17, 15) is 8.42 Å². The standard InChI is InChI=1S/C16H18N2O2S/c1-3-6-14(4-2)18-21(19,20)16-8-5-7-12-11-13(17)9-10-15(12)16/h1,5,7-11,14,18H,4,6,17H2,2H3. The monoisotopic (exact) mass is 302 g/mol. The fraction of sp³-hybridized carbons (Fsp3) is 0.250. The van der Waals surface area contributed by atoms with Gasteiger partial charge in [-0.2, -0.15) is 0 Å². The number of terminal acetylenes is 1. The van der Waals surface area contributed by atoms with E-state index in [1.807, 2.05) is 13.0 Å². The summed E-state index contributed by atoms with van der Waals surface area (Å²) in [5.74, 6) is 2.49. The quantitative estimate of drug-likeness (QED) is 0.658. The first-order valence-electron chi connectivity index (χ1n) is 6.72. The molecule has 0 radical (unpaired) electrons. The summed E-state index contributed by atoms with van der Waals surface area (Å²) in [6.45, 7) is 1.90. The van der Waals surface area contributed by atoms with Crippen molar-refractivity contribution in [1.29, 1.82) is 0 Å². The van der Waals surface area contributed by atoms with Gasteiger partial charge < -0.3 is 5.73 Å². The highest BCUT2D eigenvalue weighted by Crippen LogP contribution is 2.25. The van der Waals surface area contributed by atoms with Gasteiger partial charge in [0, 0.05) is 23.5 Å². The van der Waals surface area contributed by atoms with Gasteiger partial charge in [0.15, 0.2) is 0 Å². The number of hydrogen-bond donors (Lipinski definition) is 2. The summed E-state index contributed by atoms with van der Waals surface area (Å²) < 4.78 is 27.8. The van der Waals surface area contributed by atoms with Gasteiger partial charge >= 0.3 is 0 Å². The molecule has 2 aromatic carbocycles. The van der Waals surface area contributed by atoms with Crippen molar-refractivity contribution in [2.24, 2.45) is 0 Å². The molecular formula is C16H18N2O2S. The second kappa shape index (κ2) is 6.17. The van der Waals surface area contributed by atoms with E-state index in [-0.39, 0.29) is 10.9 Å². The molecule has 0 spiro atoms. The summed E-state index contributed by atoms with van der Waals surface area (Å²) in [6, 6.07) is 10.0. The predicted octanol–water partition coefficient (Wildman–Crippen LogP) is 2.50. The van der Waals surface area contributed by atoms with E-state index in [0.29, 0.717) is 23.9 Å². The van der Waals surface area contributed by atoms with Gasteiger partial charge in [-0.3, -0.25) is 0 Å². The summed E-state index contributed by atoms with van der Waals surface area (Å²) in [5, 5.41) is 1.44. The summed E-state index contributed by atoms with van der Waals surface area (Å²) in [5.41, 5.74) is 6.34. The molecule has 1 atom stereocenters. The lowest BCUT2D eigenvalue weighted by atomic mass is 10.1. The summed E-state index contributed by atoms with van der Waals surface area (Å²) >= 11 is 0. The number of benzene rings is 2. The Kier molecular flexibility index (Phi) is 4.51. The van der Waals surface area contributed by atoms with Gasteiger partial charge in [0.05, 0.1) is 4.90 Å². The van der Waals surface area contributed by atoms with Crippen molar-refractivity contribution in [3.63, 3.8) is 0 Å². The molecular weight excluding hydrogens is 284 g/mol. The molecule has 2 rings (SSSR count). The van der Waals surface area contributed by atoms with E-state index in [1.54, 1.807) is 30.3 Å². The molecule has 2 aromatic rings. The molecule has 1 unspecified atom stereocenters. The maximum absolute atomic E-state index is 12.6. The zero-order valence-electron chi connectivity index (χ0n) is 11.8. The van der Waals surface area contributed by atoms with Crippen molar-refractivity contribution in [1.82, 2.24) is 4.72 Å². The van der Waals surface area contributed by atoms with Crippen LogP contribution in [-0.4, -0.2) is 14.5 Å². The highest BCUT2D eigenvalue weighted by Gasteiger charge is 2.20. The van der Waals surface area contributed by atoms with Crippen LogP contribution in [0.15, 0.2) is 41.3 Å². The van der Waals surface area contributed by atoms with Gasteiger partial charge in [0.2, 0.25) is 10.0 Å². The molecule has 0 aliphatic heterocycles. The Labute approximate surface area is 125 Å². The number of sulfonamides is 1. The van der Waals surface area contributed by atoms with Crippen LogP contribution in [0.25, 0.3) is 10.8 Å². The SMILES string of the molecule is C#CCC(CC)NS(=O)(=O)c1cccc2cc(N)ccc12. The minimum absolute atomic E-state index is 0.246. The van der Waals surface area contributed by atoms with Crippen LogP contribution < -0.4 is 10.5 Å². The van der Waals surface area contributed by atoms with Gasteiger partial charge in [-0.15, -0.1) is 12.3 Å². The van der Waals surface area contributed by atoms with Gasteiger partial charge in [0.1, 0.15) is 0 Å². The zero-order chi connectivity index (χ0) is 15.5. The first-order chi connectivity index (χ1) is 9.97. The van der Waals surface area contributed by atoms with E-state index in [1.165, 1.54) is 0 Å². The van der Waals surface area contributed by atoms with Crippen LogP contribution in [0.1, 0.15) is 19.8 Å². The predicted molar refractivity (Wildman–Crippen MR) is 86.2 cm³/mol. The maximum Gasteiger partial charge on any atom is 0.241 e. The smallest absolute Gasteiger partial charge is 0.241 e. The highest BCUT2D eigenvalue weighted by molar-refractivity contribution is 7.89. The molecule has 0 saturated carbocycles.